The van der Waals surface area contributed by atoms with Crippen LogP contribution in [0.2, 0.25) is 0 Å². The van der Waals surface area contributed by atoms with Crippen LogP contribution in [0, 0.1) is 12.3 Å². The van der Waals surface area contributed by atoms with E-state index in [0.717, 1.165) is 87.1 Å². The first-order chi connectivity index (χ1) is 54.0. The van der Waals surface area contributed by atoms with Gasteiger partial charge in [-0.2, -0.15) is 9.59 Å². The summed E-state index contributed by atoms with van der Waals surface area (Å²) in [7, 11) is 5.25. The molecule has 42 nitrogen and oxygen atoms in total. The number of likely N-dealkylation sites (tertiary alicyclic amines) is 1. The number of nitrogens with two attached hydrogens (primary N) is 3. The molecule has 0 aromatic carbocycles. The monoisotopic (exact) mass is 1660 g/mol. The van der Waals surface area contributed by atoms with Crippen molar-refractivity contribution in [2.24, 2.45) is 17.4 Å². The van der Waals surface area contributed by atoms with Crippen LogP contribution in [-0.2, 0) is 133 Å². The summed E-state index contributed by atoms with van der Waals surface area (Å²) in [5, 5.41) is 50.8. The molecular formula is C72H103ClLi2N12O30. The van der Waals surface area contributed by atoms with Gasteiger partial charge in [-0.05, 0) is 182 Å². The second kappa shape index (κ2) is 61.9. The van der Waals surface area contributed by atoms with Gasteiger partial charge in [-0.1, -0.05) is 0 Å². The fourth-order valence-corrected chi connectivity index (χ4v) is 10.9. The average Bonchev–Trinajstić information content (AvgIpc) is 1.64. The first-order valence-electron chi connectivity index (χ1n) is 34.7. The predicted molar refractivity (Wildman–Crippen MR) is 402 cm³/mol. The maximum Gasteiger partial charge on any atom is 1.00 e. The van der Waals surface area contributed by atoms with Gasteiger partial charge >= 0.3 is 103 Å². The van der Waals surface area contributed by atoms with Gasteiger partial charge in [0.25, 0.3) is 29.7 Å². The Kier molecular flexibility index (Phi) is 60.9. The molecule has 10 heterocycles. The first-order valence-corrected chi connectivity index (χ1v) is 35.1. The zero-order valence-corrected chi connectivity index (χ0v) is 68.9. The molecule has 10 rings (SSSR count). The second-order valence-electron chi connectivity index (χ2n) is 25.5. The van der Waals surface area contributed by atoms with Crippen LogP contribution < -0.4 is 65.8 Å². The van der Waals surface area contributed by atoms with Gasteiger partial charge in [0.2, 0.25) is 6.41 Å². The summed E-state index contributed by atoms with van der Waals surface area (Å²) in [6.45, 7) is 20.5. The molecule has 2 fully saturated rings. The number of nitrogens with zero attached hydrogens (tertiary/aromatic N) is 7. The van der Waals surface area contributed by atoms with E-state index in [9.17, 15) is 71.9 Å². The fraction of sp³-hybridized carbons (Fsp3) is 0.514. The van der Waals surface area contributed by atoms with Crippen LogP contribution in [0.25, 0.3) is 11.2 Å². The third-order valence-corrected chi connectivity index (χ3v) is 15.2. The number of esters is 6. The normalized spacial score (nSPS) is 13.6. The van der Waals surface area contributed by atoms with Gasteiger partial charge in [0.05, 0.1) is 81.0 Å². The molecule has 6 aliphatic rings. The molecule has 0 bridgehead atoms. The summed E-state index contributed by atoms with van der Waals surface area (Å²) in [5.41, 5.74) is 14.4. The summed E-state index contributed by atoms with van der Waals surface area (Å²) in [6.07, 6.45) is 17.2. The minimum absolute atomic E-state index is 0. The summed E-state index contributed by atoms with van der Waals surface area (Å²) in [6, 6.07) is 5.18. The molecular weight excluding hydrogens is 1560 g/mol. The Morgan fingerprint density at radius 2 is 0.949 bits per heavy atom. The number of rotatable bonds is 16. The van der Waals surface area contributed by atoms with Crippen molar-refractivity contribution >= 4 is 113 Å². The van der Waals surface area contributed by atoms with Crippen LogP contribution >= 0.6 is 11.6 Å². The van der Waals surface area contributed by atoms with Gasteiger partial charge in [0, 0.05) is 72.8 Å². The number of hydrogen-bond acceptors (Lipinski definition) is 30. The summed E-state index contributed by atoms with van der Waals surface area (Å²) >= 11 is 4.69. The van der Waals surface area contributed by atoms with Crippen LogP contribution in [-0.4, -0.2) is 233 Å². The number of aryl methyl sites for hydroxylation is 1. The number of aliphatic carboxylic acids is 3. The van der Waals surface area contributed by atoms with Gasteiger partial charge < -0.3 is 122 Å². The number of ketones is 3. The van der Waals surface area contributed by atoms with Crippen molar-refractivity contribution in [3.63, 3.8) is 0 Å². The van der Waals surface area contributed by atoms with E-state index < -0.39 is 87.8 Å². The average molecular weight is 1670 g/mol. The molecule has 2 saturated heterocycles. The van der Waals surface area contributed by atoms with E-state index >= 15 is 0 Å². The standard InChI is InChI=1S/C15H20N2O4.C13H15NO5.C11H11NO5.C9H11NO2.C6H9NO3.C5H9NO2.C4H5ClO3.C4H11N.C3H4.CH2O2.CO2.2Li.2H3N2O/c1-15(2,3)16-13(19)12(18)11-8-9(14(20)21-4)10-6-5-7-17(10)11;1-3-19-13(17)11(15)10-7-8(12(16)18-2)9-5-4-6-14(9)10;1-17-11(16)6-5-8(9(13)10(14)15)12-4-2-3-7(6)12;1-12-9(11)7-4-6-10-5-2-3-8(7)10;8-4-7-3-1-2-5(7)6(9)10;7-5(8)4-2-1-3-6-4;1-2-8-4(7)3(5)6;1-4(2,3)5;1-3-2;2*2-1-3;;;2*1-2-3/h8H,5-7H2,1-4H3,(H,16,19);7H,3-6H2,1-2H3;5H,2-4H2,1H3,(H,14,15);4,6H,2-3,5H2,1H3;4-5H,1-3H2,(H,9,10);4,6H,1-3H2,(H,7,8);2H2,1H3;5H2,1-3H3;1H,2H3;1H,(H,2,3);;;;2*3H,1H2/q;;;;;;;;;;;2*+1;2*-1. The van der Waals surface area contributed by atoms with Crippen molar-refractivity contribution in [1.29, 1.82) is 0 Å². The zero-order chi connectivity index (χ0) is 89.1. The fourth-order valence-electron chi connectivity index (χ4n) is 10.9. The number of hydrogen-bond donors (Lipinski definition) is 11. The molecule has 2 amide bonds. The van der Waals surface area contributed by atoms with Crippen LogP contribution in [0.5, 0.6) is 0 Å². The van der Waals surface area contributed by atoms with Gasteiger partial charge in [0.15, 0.2) is 0 Å². The van der Waals surface area contributed by atoms with Crippen molar-refractivity contribution in [3.05, 3.63) is 104 Å². The van der Waals surface area contributed by atoms with E-state index in [1.54, 1.807) is 55.2 Å². The molecule has 0 aliphatic carbocycles. The number of methoxy groups -OCH3 is 4. The minimum Gasteiger partial charge on any atom is -0.488 e. The minimum atomic E-state index is -1.52. The van der Waals surface area contributed by atoms with E-state index in [2.05, 4.69) is 58.2 Å². The van der Waals surface area contributed by atoms with Crippen molar-refractivity contribution in [2.45, 2.75) is 189 Å². The molecule has 0 spiro atoms. The van der Waals surface area contributed by atoms with E-state index in [1.807, 2.05) is 44.2 Å². The Bertz CT molecular complexity index is 3980. The number of nitrogens with one attached hydrogen (secondary N) is 2. The van der Waals surface area contributed by atoms with Crippen molar-refractivity contribution in [2.75, 3.05) is 54.7 Å². The number of aromatic nitrogens is 4. The molecule has 2 atom stereocenters. The maximum atomic E-state index is 12.3. The van der Waals surface area contributed by atoms with Crippen molar-refractivity contribution < 1.29 is 183 Å². The second-order valence-corrected chi connectivity index (χ2v) is 25.8. The Labute approximate surface area is 703 Å². The van der Waals surface area contributed by atoms with E-state index in [4.69, 9.17) is 72.0 Å². The SMILES string of the molecule is C#CC.CC(C)(C)N.CCOC(=O)C(=O)Cl.CCOC(=O)C(=O)c1cc(C(=O)OC)c2n1CCC2.COC(=O)c1cc(C(=O)C(=O)NC(C)(C)C)n2c1CCC2.COC(=O)c1cc(C(=O)C(=O)O)n2c1CCC2.COC(=O)c1ccn2c1CCC2.N[N-]O.N[N-]O.O=C(O)C1CCCN1.O=C=O.O=CN1CCCC1C(=O)O.O=CO.[Li+].[Li+]. The number of carboxylic acid groups (broad SMARTS) is 4. The van der Waals surface area contributed by atoms with Gasteiger partial charge in [0.1, 0.15) is 12.1 Å². The maximum absolute atomic E-state index is 12.3. The Morgan fingerprint density at radius 1 is 0.598 bits per heavy atom. The van der Waals surface area contributed by atoms with Crippen molar-refractivity contribution in [1.82, 2.24) is 33.8 Å². The third-order valence-electron chi connectivity index (χ3n) is 15.1. The van der Waals surface area contributed by atoms with E-state index in [0.29, 0.717) is 75.1 Å². The van der Waals surface area contributed by atoms with Gasteiger partial charge in [-0.3, -0.25) is 38.4 Å². The molecule has 117 heavy (non-hydrogen) atoms. The molecule has 0 saturated carbocycles. The molecule has 2 unspecified atom stereocenters. The van der Waals surface area contributed by atoms with Crippen LogP contribution in [0.15, 0.2) is 30.5 Å². The summed E-state index contributed by atoms with van der Waals surface area (Å²) in [5.74, 6) is 0.550. The van der Waals surface area contributed by atoms with Gasteiger partial charge in [-0.15, -0.1) is 12.3 Å². The quantitative estimate of drug-likeness (QED) is 0.00531. The number of carbonyl (C=O) groups is 16. The molecule has 0 radical (unpaired) electrons. The molecule has 4 aromatic rings. The Balaban J connectivity index is -0.000000408. The first kappa shape index (κ1) is 115. The topological polar surface area (TPSA) is 637 Å². The Hall–Kier alpha value is -10.5. The molecule has 6 aliphatic heterocycles. The number of ether oxygens (including phenoxy) is 6. The Morgan fingerprint density at radius 3 is 1.24 bits per heavy atom. The van der Waals surface area contributed by atoms with Gasteiger partial charge in [-0.25, -0.2) is 38.4 Å². The molecule has 4 aromatic heterocycles. The van der Waals surface area contributed by atoms with Crippen LogP contribution in [0.4, 0.5) is 0 Å². The third kappa shape index (κ3) is 41.8. The number of amides is 2. The molecule has 14 N–H and O–H groups in total. The smallest absolute Gasteiger partial charge is 0.488 e. The van der Waals surface area contributed by atoms with Crippen molar-refractivity contribution in [3.8, 4) is 12.3 Å². The number of Topliss-reactive ketones (excluding diaryl/α,β-unsaturated/α-hetero) is 3. The largest absolute Gasteiger partial charge is 1.00 e. The number of carbonyl (C=O) groups excluding carboxylic acids is 14. The van der Waals surface area contributed by atoms with Crippen LogP contribution in [0.1, 0.15) is 209 Å². The number of halogens is 1. The molecule has 45 heteroatoms. The van der Waals surface area contributed by atoms with E-state index in [1.165, 1.54) is 51.5 Å². The zero-order valence-electron chi connectivity index (χ0n) is 68.1. The molecule has 640 valence electrons. The number of carboxylic acids is 3. The predicted octanol–water partition coefficient (Wildman–Crippen LogP) is -2.42. The van der Waals surface area contributed by atoms with Crippen LogP contribution in [0.3, 0.4) is 0 Å². The number of fused-ring (bicyclic) bond motifs is 4. The summed E-state index contributed by atoms with van der Waals surface area (Å²) < 4.78 is 34.7. The number of terminal acetylenes is 1. The summed E-state index contributed by atoms with van der Waals surface area (Å²) in [4.78, 5) is 193. The van der Waals surface area contributed by atoms with E-state index in [-0.39, 0.29) is 104 Å².